The van der Waals surface area contributed by atoms with Crippen LogP contribution in [0.15, 0.2) is 63.8 Å². The van der Waals surface area contributed by atoms with Crippen molar-refractivity contribution in [2.75, 3.05) is 6.61 Å². The Morgan fingerprint density at radius 3 is 2.22 bits per heavy atom. The van der Waals surface area contributed by atoms with Crippen molar-refractivity contribution in [1.29, 1.82) is 0 Å². The molecular weight excluding hydrogens is 352 g/mol. The van der Waals surface area contributed by atoms with Crippen molar-refractivity contribution in [3.63, 3.8) is 0 Å². The largest absolute Gasteiger partial charge is 0.487 e. The third-order valence-electron chi connectivity index (χ3n) is 3.84. The second-order valence-electron chi connectivity index (χ2n) is 5.69. The van der Waals surface area contributed by atoms with Gasteiger partial charge in [0, 0.05) is 11.6 Å². The van der Waals surface area contributed by atoms with Crippen molar-refractivity contribution in [2.45, 2.75) is 20.0 Å². The topological polar surface area (TPSA) is 99.0 Å². The zero-order valence-corrected chi connectivity index (χ0v) is 14.7. The van der Waals surface area contributed by atoms with Crippen molar-refractivity contribution in [2.24, 2.45) is 0 Å². The Bertz CT molecular complexity index is 866. The van der Waals surface area contributed by atoms with Gasteiger partial charge in [-0.05, 0) is 43.3 Å². The highest BCUT2D eigenvalue weighted by Gasteiger charge is 2.23. The van der Waals surface area contributed by atoms with Crippen molar-refractivity contribution in [3.05, 3.63) is 82.2 Å². The van der Waals surface area contributed by atoms with Gasteiger partial charge in [0.2, 0.25) is 0 Å². The summed E-state index contributed by atoms with van der Waals surface area (Å²) < 4.78 is 15.9. The monoisotopic (exact) mass is 370 g/mol. The van der Waals surface area contributed by atoms with Gasteiger partial charge in [-0.3, -0.25) is 14.9 Å². The van der Waals surface area contributed by atoms with Crippen LogP contribution < -0.4 is 4.74 Å². The molecule has 0 aliphatic carbocycles. The Morgan fingerprint density at radius 2 is 1.74 bits per heavy atom. The fourth-order valence-electron chi connectivity index (χ4n) is 2.63. The first-order valence-corrected chi connectivity index (χ1v) is 8.33. The zero-order chi connectivity index (χ0) is 19.2. The van der Waals surface area contributed by atoms with E-state index in [-0.39, 0.29) is 42.6 Å². The van der Waals surface area contributed by atoms with Gasteiger partial charge in [-0.15, -0.1) is 0 Å². The number of rotatable bonds is 8. The highest BCUT2D eigenvalue weighted by molar-refractivity contribution is 5.95. The fraction of sp³-hybridized carbons (Fsp3) is 0.211. The van der Waals surface area contributed by atoms with E-state index in [2.05, 4.69) is 0 Å². The average Bonchev–Trinajstić information content (AvgIpc) is 3.35. The summed E-state index contributed by atoms with van der Waals surface area (Å²) in [5.74, 6) is 0.933. The molecule has 0 saturated carbocycles. The molecule has 0 radical (unpaired) electrons. The van der Waals surface area contributed by atoms with Crippen LogP contribution in [0.2, 0.25) is 0 Å². The van der Waals surface area contributed by atoms with Gasteiger partial charge in [0.15, 0.2) is 5.75 Å². The zero-order valence-electron chi connectivity index (χ0n) is 14.7. The molecule has 140 valence electrons. The van der Waals surface area contributed by atoms with Gasteiger partial charge in [0.1, 0.15) is 11.5 Å². The molecular formula is C19H18N2O6. The van der Waals surface area contributed by atoms with Crippen LogP contribution in [0.4, 0.5) is 5.69 Å². The molecule has 0 saturated heterocycles. The Balaban J connectivity index is 1.90. The molecule has 0 bridgehead atoms. The van der Waals surface area contributed by atoms with Gasteiger partial charge in [-0.25, -0.2) is 0 Å². The van der Waals surface area contributed by atoms with Gasteiger partial charge < -0.3 is 18.5 Å². The van der Waals surface area contributed by atoms with E-state index in [0.29, 0.717) is 11.5 Å². The Kier molecular flexibility index (Phi) is 5.55. The van der Waals surface area contributed by atoms with Crippen molar-refractivity contribution in [3.8, 4) is 5.75 Å². The summed E-state index contributed by atoms with van der Waals surface area (Å²) in [6.07, 6.45) is 3.04. The number of hydrogen-bond donors (Lipinski definition) is 0. The average molecular weight is 370 g/mol. The SMILES string of the molecule is CCOc1ccc(C(=O)N(Cc2ccco2)Cc2ccco2)cc1[N+](=O)[O-]. The number of furan rings is 2. The molecule has 2 heterocycles. The Hall–Kier alpha value is -3.55. The summed E-state index contributed by atoms with van der Waals surface area (Å²) in [5.41, 5.74) is -0.0677. The second kappa shape index (κ2) is 8.22. The number of nitro benzene ring substituents is 1. The van der Waals surface area contributed by atoms with Crippen molar-refractivity contribution >= 4 is 11.6 Å². The van der Waals surface area contributed by atoms with Crippen LogP contribution in [-0.2, 0) is 13.1 Å². The normalized spacial score (nSPS) is 10.6. The van der Waals surface area contributed by atoms with E-state index in [4.69, 9.17) is 13.6 Å². The minimum atomic E-state index is -0.564. The quantitative estimate of drug-likeness (QED) is 0.439. The van der Waals surface area contributed by atoms with Gasteiger partial charge >= 0.3 is 5.69 Å². The first-order chi connectivity index (χ1) is 13.1. The highest BCUT2D eigenvalue weighted by Crippen LogP contribution is 2.29. The number of carbonyl (C=O) groups excluding carboxylic acids is 1. The lowest BCUT2D eigenvalue weighted by molar-refractivity contribution is -0.385. The lowest BCUT2D eigenvalue weighted by atomic mass is 10.1. The van der Waals surface area contributed by atoms with Crippen LogP contribution in [0.3, 0.4) is 0 Å². The number of ether oxygens (including phenoxy) is 1. The standard InChI is InChI=1S/C19H18N2O6/c1-2-25-18-8-7-14(11-17(18)21(23)24)19(22)20(12-15-5-3-9-26-15)13-16-6-4-10-27-16/h3-11H,2,12-13H2,1H3. The maximum atomic E-state index is 13.0. The first-order valence-electron chi connectivity index (χ1n) is 8.33. The maximum absolute atomic E-state index is 13.0. The molecule has 1 aromatic carbocycles. The van der Waals surface area contributed by atoms with E-state index in [9.17, 15) is 14.9 Å². The second-order valence-corrected chi connectivity index (χ2v) is 5.69. The number of amides is 1. The van der Waals surface area contributed by atoms with Gasteiger partial charge in [0.05, 0.1) is 37.1 Å². The van der Waals surface area contributed by atoms with E-state index >= 15 is 0 Å². The van der Waals surface area contributed by atoms with Crippen molar-refractivity contribution < 1.29 is 23.3 Å². The summed E-state index contributed by atoms with van der Waals surface area (Å²) in [7, 11) is 0. The summed E-state index contributed by atoms with van der Waals surface area (Å²) >= 11 is 0. The highest BCUT2D eigenvalue weighted by atomic mass is 16.6. The molecule has 3 rings (SSSR count). The molecule has 27 heavy (non-hydrogen) atoms. The van der Waals surface area contributed by atoms with Crippen molar-refractivity contribution in [1.82, 2.24) is 4.90 Å². The molecule has 0 spiro atoms. The molecule has 3 aromatic rings. The minimum Gasteiger partial charge on any atom is -0.487 e. The molecule has 0 N–H and O–H groups in total. The molecule has 8 heteroatoms. The van der Waals surface area contributed by atoms with Crippen LogP contribution in [0.25, 0.3) is 0 Å². The summed E-state index contributed by atoms with van der Waals surface area (Å²) in [6.45, 7) is 2.43. The van der Waals surface area contributed by atoms with Crippen LogP contribution in [0, 0.1) is 10.1 Å². The third kappa shape index (κ3) is 4.35. The summed E-state index contributed by atoms with van der Waals surface area (Å²) in [4.78, 5) is 25.3. The van der Waals surface area contributed by atoms with Crippen LogP contribution in [-0.4, -0.2) is 22.3 Å². The van der Waals surface area contributed by atoms with E-state index in [1.54, 1.807) is 31.2 Å². The molecule has 0 atom stereocenters. The van der Waals surface area contributed by atoms with E-state index in [1.807, 2.05) is 0 Å². The van der Waals surface area contributed by atoms with E-state index in [1.165, 1.54) is 35.6 Å². The molecule has 0 aliphatic heterocycles. The lowest BCUT2D eigenvalue weighted by Gasteiger charge is -2.21. The molecule has 0 aliphatic rings. The lowest BCUT2D eigenvalue weighted by Crippen LogP contribution is -2.30. The van der Waals surface area contributed by atoms with Crippen LogP contribution >= 0.6 is 0 Å². The Morgan fingerprint density at radius 1 is 1.11 bits per heavy atom. The fourth-order valence-corrected chi connectivity index (χ4v) is 2.63. The van der Waals surface area contributed by atoms with Gasteiger partial charge in [-0.1, -0.05) is 0 Å². The smallest absolute Gasteiger partial charge is 0.311 e. The number of benzene rings is 1. The van der Waals surface area contributed by atoms with Gasteiger partial charge in [0.25, 0.3) is 5.91 Å². The molecule has 2 aromatic heterocycles. The number of nitrogens with zero attached hydrogens (tertiary/aromatic N) is 2. The number of nitro groups is 1. The Labute approximate surface area is 155 Å². The van der Waals surface area contributed by atoms with E-state index < -0.39 is 4.92 Å². The summed E-state index contributed by atoms with van der Waals surface area (Å²) in [5, 5.41) is 11.3. The number of hydrogen-bond acceptors (Lipinski definition) is 6. The molecule has 8 nitrogen and oxygen atoms in total. The first kappa shape index (κ1) is 18.2. The number of carbonyl (C=O) groups is 1. The predicted octanol–water partition coefficient (Wildman–Crippen LogP) is 4.02. The van der Waals surface area contributed by atoms with Crippen LogP contribution in [0.5, 0.6) is 5.75 Å². The molecule has 0 unspecified atom stereocenters. The molecule has 0 fully saturated rings. The maximum Gasteiger partial charge on any atom is 0.311 e. The minimum absolute atomic E-state index is 0.127. The van der Waals surface area contributed by atoms with E-state index in [0.717, 1.165) is 0 Å². The van der Waals surface area contributed by atoms with Crippen LogP contribution in [0.1, 0.15) is 28.8 Å². The third-order valence-corrected chi connectivity index (χ3v) is 3.84. The van der Waals surface area contributed by atoms with Gasteiger partial charge in [-0.2, -0.15) is 0 Å². The molecule has 1 amide bonds. The predicted molar refractivity (Wildman–Crippen MR) is 95.3 cm³/mol. The summed E-state index contributed by atoms with van der Waals surface area (Å²) in [6, 6.07) is 11.1.